The first-order chi connectivity index (χ1) is 14.5. The molecular weight excluding hydrogens is 376 g/mol. The van der Waals surface area contributed by atoms with Crippen molar-refractivity contribution in [3.8, 4) is 11.8 Å². The Balaban J connectivity index is 1.80. The van der Waals surface area contributed by atoms with E-state index < -0.39 is 0 Å². The number of benzene rings is 3. The number of carbonyl (C=O) groups is 2. The highest BCUT2D eigenvalue weighted by molar-refractivity contribution is 6.14. The maximum absolute atomic E-state index is 12.7. The van der Waals surface area contributed by atoms with Crippen molar-refractivity contribution in [2.75, 3.05) is 12.4 Å². The minimum absolute atomic E-state index is 0.00202. The molecule has 3 aromatic carbocycles. The molecule has 0 fully saturated rings. The zero-order valence-corrected chi connectivity index (χ0v) is 16.7. The number of allylic oxidation sites excluding steroid dienone is 1. The van der Waals surface area contributed by atoms with Crippen molar-refractivity contribution in [3.63, 3.8) is 0 Å². The molecule has 1 amide bonds. The van der Waals surface area contributed by atoms with Crippen LogP contribution in [0, 0.1) is 18.3 Å². The number of anilines is 1. The number of carbonyl (C=O) groups excluding carboxylic acids is 2. The molecule has 30 heavy (non-hydrogen) atoms. The zero-order chi connectivity index (χ0) is 21.5. The molecule has 0 aromatic heterocycles. The molecule has 0 unspecified atom stereocenters. The van der Waals surface area contributed by atoms with Gasteiger partial charge < -0.3 is 10.1 Å². The number of ether oxygens (including phenoxy) is 1. The monoisotopic (exact) mass is 396 g/mol. The van der Waals surface area contributed by atoms with Crippen molar-refractivity contribution in [2.24, 2.45) is 0 Å². The van der Waals surface area contributed by atoms with Gasteiger partial charge in [0.05, 0.1) is 7.11 Å². The topological polar surface area (TPSA) is 79.2 Å². The number of hydrogen-bond donors (Lipinski definition) is 1. The van der Waals surface area contributed by atoms with Crippen molar-refractivity contribution >= 4 is 23.5 Å². The minimum Gasteiger partial charge on any atom is -0.497 e. The number of amides is 1. The lowest BCUT2D eigenvalue weighted by Gasteiger charge is -2.07. The van der Waals surface area contributed by atoms with Crippen molar-refractivity contribution in [3.05, 3.63) is 101 Å². The summed E-state index contributed by atoms with van der Waals surface area (Å²) in [4.78, 5) is 25.1. The molecule has 0 saturated carbocycles. The number of hydrogen-bond acceptors (Lipinski definition) is 4. The average Bonchev–Trinajstić information content (AvgIpc) is 2.77. The number of ketones is 1. The summed E-state index contributed by atoms with van der Waals surface area (Å²) < 4.78 is 5.09. The number of nitrogens with zero attached hydrogens (tertiary/aromatic N) is 1. The van der Waals surface area contributed by atoms with Crippen LogP contribution < -0.4 is 10.1 Å². The third-order valence-electron chi connectivity index (χ3n) is 4.49. The molecule has 3 rings (SSSR count). The molecule has 0 aliphatic carbocycles. The summed E-state index contributed by atoms with van der Waals surface area (Å²) in [5, 5.41) is 12.3. The van der Waals surface area contributed by atoms with Crippen molar-refractivity contribution < 1.29 is 14.3 Å². The normalized spacial score (nSPS) is 10.8. The summed E-state index contributed by atoms with van der Waals surface area (Å²) in [5.74, 6) is 0.0197. The fraction of sp³-hybridized carbons (Fsp3) is 0.0800. The zero-order valence-electron chi connectivity index (χ0n) is 16.7. The molecule has 148 valence electrons. The second-order valence-electron chi connectivity index (χ2n) is 6.67. The van der Waals surface area contributed by atoms with Gasteiger partial charge in [0, 0.05) is 16.8 Å². The molecule has 1 N–H and O–H groups in total. The van der Waals surface area contributed by atoms with Gasteiger partial charge in [0.2, 0.25) is 5.78 Å². The summed E-state index contributed by atoms with van der Waals surface area (Å²) in [5.41, 5.74) is 3.23. The van der Waals surface area contributed by atoms with Gasteiger partial charge in [-0.25, -0.2) is 0 Å². The fourth-order valence-corrected chi connectivity index (χ4v) is 2.83. The van der Waals surface area contributed by atoms with Gasteiger partial charge in [0.15, 0.2) is 0 Å². The van der Waals surface area contributed by atoms with Gasteiger partial charge in [-0.1, -0.05) is 29.8 Å². The Bertz CT molecular complexity index is 1140. The van der Waals surface area contributed by atoms with E-state index in [-0.39, 0.29) is 17.3 Å². The lowest BCUT2D eigenvalue weighted by atomic mass is 10.0. The number of methoxy groups -OCH3 is 1. The highest BCUT2D eigenvalue weighted by atomic mass is 16.5. The molecule has 5 nitrogen and oxygen atoms in total. The number of nitriles is 1. The standard InChI is InChI=1S/C25H20N2O3/c1-17-6-8-20(9-7-17)25(29)27-22-5-3-4-18(15-22)14-21(16-26)24(28)19-10-12-23(30-2)13-11-19/h3-15H,1-2H3,(H,27,29)/b21-14+. The summed E-state index contributed by atoms with van der Waals surface area (Å²) in [7, 11) is 1.54. The smallest absolute Gasteiger partial charge is 0.255 e. The first-order valence-corrected chi connectivity index (χ1v) is 9.29. The van der Waals surface area contributed by atoms with E-state index in [9.17, 15) is 14.9 Å². The van der Waals surface area contributed by atoms with E-state index in [1.54, 1.807) is 67.8 Å². The van der Waals surface area contributed by atoms with Crippen LogP contribution in [0.4, 0.5) is 5.69 Å². The Morgan fingerprint density at radius 1 is 0.967 bits per heavy atom. The Kier molecular flexibility index (Phi) is 6.41. The van der Waals surface area contributed by atoms with Gasteiger partial charge in [0.1, 0.15) is 17.4 Å². The second kappa shape index (κ2) is 9.35. The Hall–Kier alpha value is -4.17. The first kappa shape index (κ1) is 20.6. The molecule has 0 radical (unpaired) electrons. The van der Waals surface area contributed by atoms with Crippen LogP contribution in [0.25, 0.3) is 6.08 Å². The van der Waals surface area contributed by atoms with E-state index in [0.717, 1.165) is 5.56 Å². The molecule has 0 aliphatic heterocycles. The van der Waals surface area contributed by atoms with Crippen molar-refractivity contribution in [1.29, 1.82) is 5.26 Å². The predicted molar refractivity (Wildman–Crippen MR) is 116 cm³/mol. The van der Waals surface area contributed by atoms with Crippen LogP contribution in [0.2, 0.25) is 0 Å². The van der Waals surface area contributed by atoms with Crippen LogP contribution in [0.3, 0.4) is 0 Å². The van der Waals surface area contributed by atoms with Crippen LogP contribution in [0.15, 0.2) is 78.4 Å². The number of rotatable bonds is 6. The van der Waals surface area contributed by atoms with E-state index in [2.05, 4.69) is 5.32 Å². The summed E-state index contributed by atoms with van der Waals surface area (Å²) >= 11 is 0. The Labute approximate surface area is 175 Å². The van der Waals surface area contributed by atoms with E-state index in [1.807, 2.05) is 25.1 Å². The van der Waals surface area contributed by atoms with Gasteiger partial charge in [-0.05, 0) is 67.1 Å². The second-order valence-corrected chi connectivity index (χ2v) is 6.67. The fourth-order valence-electron chi connectivity index (χ4n) is 2.83. The molecule has 5 heteroatoms. The van der Waals surface area contributed by atoms with Crippen LogP contribution in [-0.4, -0.2) is 18.8 Å². The van der Waals surface area contributed by atoms with E-state index in [1.165, 1.54) is 6.08 Å². The molecule has 3 aromatic rings. The highest BCUT2D eigenvalue weighted by Gasteiger charge is 2.13. The van der Waals surface area contributed by atoms with Crippen molar-refractivity contribution in [1.82, 2.24) is 0 Å². The number of nitrogens with one attached hydrogen (secondary N) is 1. The summed E-state index contributed by atoms with van der Waals surface area (Å²) in [6, 6.07) is 22.8. The largest absolute Gasteiger partial charge is 0.497 e. The predicted octanol–water partition coefficient (Wildman–Crippen LogP) is 5.05. The highest BCUT2D eigenvalue weighted by Crippen LogP contribution is 2.19. The maximum Gasteiger partial charge on any atom is 0.255 e. The van der Waals surface area contributed by atoms with Crippen LogP contribution in [0.5, 0.6) is 5.75 Å². The third-order valence-corrected chi connectivity index (χ3v) is 4.49. The number of aryl methyl sites for hydroxylation is 1. The molecular formula is C25H20N2O3. The van der Waals surface area contributed by atoms with Gasteiger partial charge in [-0.3, -0.25) is 9.59 Å². The molecule has 0 aliphatic rings. The summed E-state index contributed by atoms with van der Waals surface area (Å²) in [6.07, 6.45) is 1.51. The van der Waals surface area contributed by atoms with E-state index in [4.69, 9.17) is 4.74 Å². The minimum atomic E-state index is -0.380. The SMILES string of the molecule is COc1ccc(C(=O)/C(C#N)=C/c2cccc(NC(=O)c3ccc(C)cc3)c2)cc1. The van der Waals surface area contributed by atoms with Gasteiger partial charge >= 0.3 is 0 Å². The first-order valence-electron chi connectivity index (χ1n) is 9.29. The average molecular weight is 396 g/mol. The molecule has 0 atom stereocenters. The van der Waals surface area contributed by atoms with Crippen LogP contribution in [0.1, 0.15) is 31.8 Å². The molecule has 0 saturated heterocycles. The van der Waals surface area contributed by atoms with Gasteiger partial charge in [0.25, 0.3) is 5.91 Å². The molecule has 0 bridgehead atoms. The number of Topliss-reactive ketones (excluding diaryl/α,β-unsaturated/α-hetero) is 1. The van der Waals surface area contributed by atoms with Crippen LogP contribution >= 0.6 is 0 Å². The summed E-state index contributed by atoms with van der Waals surface area (Å²) in [6.45, 7) is 1.96. The molecule has 0 heterocycles. The Morgan fingerprint density at radius 2 is 1.63 bits per heavy atom. The third kappa shape index (κ3) is 5.00. The van der Waals surface area contributed by atoms with Crippen LogP contribution in [-0.2, 0) is 0 Å². The lowest BCUT2D eigenvalue weighted by Crippen LogP contribution is -2.11. The Morgan fingerprint density at radius 3 is 2.27 bits per heavy atom. The van der Waals surface area contributed by atoms with Crippen molar-refractivity contribution in [2.45, 2.75) is 6.92 Å². The molecule has 0 spiro atoms. The maximum atomic E-state index is 12.7. The van der Waals surface area contributed by atoms with Gasteiger partial charge in [-0.15, -0.1) is 0 Å². The van der Waals surface area contributed by atoms with E-state index >= 15 is 0 Å². The quantitative estimate of drug-likeness (QED) is 0.359. The van der Waals surface area contributed by atoms with Gasteiger partial charge in [-0.2, -0.15) is 5.26 Å². The van der Waals surface area contributed by atoms with E-state index in [0.29, 0.717) is 28.1 Å². The lowest BCUT2D eigenvalue weighted by molar-refractivity contribution is 0.102.